The molecule has 0 saturated carbocycles. The molecule has 1 saturated heterocycles. The molecule has 0 spiro atoms. The van der Waals surface area contributed by atoms with Crippen molar-refractivity contribution in [3.63, 3.8) is 0 Å². The highest BCUT2D eigenvalue weighted by Crippen LogP contribution is 2.25. The standard InChI is InChI=1S/C19H20N4O3/c1-11-18(25)23(19(26)20-11)13-6-4-5-12(9-13)10-16-14-7-2-3-8-15(14)17(24)22-21-16/h4-6,9,11H,2-3,7-8,10H2,1H3,(H,20,26)(H,22,24)/t11-/m0/s1. The molecule has 3 amide bonds. The third-order valence-corrected chi connectivity index (χ3v) is 5.06. The van der Waals surface area contributed by atoms with E-state index in [-0.39, 0.29) is 11.5 Å². The van der Waals surface area contributed by atoms with Crippen molar-refractivity contribution in [1.29, 1.82) is 0 Å². The Morgan fingerprint density at radius 2 is 1.92 bits per heavy atom. The molecule has 1 fully saturated rings. The van der Waals surface area contributed by atoms with Crippen LogP contribution in [0.3, 0.4) is 0 Å². The zero-order valence-corrected chi connectivity index (χ0v) is 14.5. The highest BCUT2D eigenvalue weighted by Gasteiger charge is 2.36. The summed E-state index contributed by atoms with van der Waals surface area (Å²) in [5.41, 5.74) is 4.16. The lowest BCUT2D eigenvalue weighted by atomic mass is 9.90. The van der Waals surface area contributed by atoms with Gasteiger partial charge < -0.3 is 5.32 Å². The van der Waals surface area contributed by atoms with Crippen molar-refractivity contribution in [2.75, 3.05) is 4.90 Å². The zero-order chi connectivity index (χ0) is 18.3. The van der Waals surface area contributed by atoms with E-state index in [0.29, 0.717) is 12.1 Å². The highest BCUT2D eigenvalue weighted by atomic mass is 16.2. The van der Waals surface area contributed by atoms with Crippen LogP contribution >= 0.6 is 0 Å². The van der Waals surface area contributed by atoms with E-state index in [1.807, 2.05) is 18.2 Å². The van der Waals surface area contributed by atoms with Gasteiger partial charge in [0.15, 0.2) is 0 Å². The topological polar surface area (TPSA) is 95.2 Å². The fourth-order valence-corrected chi connectivity index (χ4v) is 3.72. The number of hydrogen-bond acceptors (Lipinski definition) is 4. The number of anilines is 1. The van der Waals surface area contributed by atoms with Crippen LogP contribution in [0.2, 0.25) is 0 Å². The Balaban J connectivity index is 1.66. The fourth-order valence-electron chi connectivity index (χ4n) is 3.72. The average molecular weight is 352 g/mol. The molecule has 0 unspecified atom stereocenters. The number of amides is 3. The number of rotatable bonds is 3. The Kier molecular flexibility index (Phi) is 4.06. The van der Waals surface area contributed by atoms with E-state index >= 15 is 0 Å². The maximum Gasteiger partial charge on any atom is 0.329 e. The molecular weight excluding hydrogens is 332 g/mol. The van der Waals surface area contributed by atoms with Crippen LogP contribution < -0.4 is 15.8 Å². The van der Waals surface area contributed by atoms with E-state index in [0.717, 1.165) is 48.1 Å². The summed E-state index contributed by atoms with van der Waals surface area (Å²) in [4.78, 5) is 37.4. The van der Waals surface area contributed by atoms with Crippen molar-refractivity contribution in [3.8, 4) is 0 Å². The lowest BCUT2D eigenvalue weighted by molar-refractivity contribution is -0.117. The number of aromatic nitrogens is 2. The molecule has 0 bridgehead atoms. The number of carbonyl (C=O) groups excluding carboxylic acids is 2. The van der Waals surface area contributed by atoms with Crippen LogP contribution in [-0.4, -0.2) is 28.2 Å². The van der Waals surface area contributed by atoms with Crippen molar-refractivity contribution in [1.82, 2.24) is 15.5 Å². The van der Waals surface area contributed by atoms with Gasteiger partial charge in [-0.15, -0.1) is 0 Å². The van der Waals surface area contributed by atoms with Crippen LogP contribution in [0.15, 0.2) is 29.1 Å². The maximum atomic E-state index is 12.2. The first kappa shape index (κ1) is 16.5. The number of H-pyrrole nitrogens is 1. The lowest BCUT2D eigenvalue weighted by Crippen LogP contribution is -2.30. The molecule has 0 radical (unpaired) electrons. The molecule has 26 heavy (non-hydrogen) atoms. The fraction of sp³-hybridized carbons (Fsp3) is 0.368. The second-order valence-electron chi connectivity index (χ2n) is 6.86. The van der Waals surface area contributed by atoms with Crippen LogP contribution in [0.1, 0.15) is 42.1 Å². The van der Waals surface area contributed by atoms with Gasteiger partial charge >= 0.3 is 6.03 Å². The van der Waals surface area contributed by atoms with Crippen molar-refractivity contribution < 1.29 is 9.59 Å². The number of aromatic amines is 1. The SMILES string of the molecule is C[C@@H]1NC(=O)N(c2cccc(Cc3n[nH]c(=O)c4c3CCCC4)c2)C1=O. The van der Waals surface area contributed by atoms with Crippen LogP contribution in [0.25, 0.3) is 0 Å². The number of carbonyl (C=O) groups is 2. The van der Waals surface area contributed by atoms with E-state index in [2.05, 4.69) is 15.5 Å². The molecule has 1 aromatic carbocycles. The average Bonchev–Trinajstić information content (AvgIpc) is 2.90. The van der Waals surface area contributed by atoms with E-state index in [1.165, 1.54) is 4.90 Å². The number of nitrogens with zero attached hydrogens (tertiary/aromatic N) is 2. The van der Waals surface area contributed by atoms with Gasteiger partial charge in [-0.3, -0.25) is 9.59 Å². The van der Waals surface area contributed by atoms with Gasteiger partial charge in [0.2, 0.25) is 0 Å². The van der Waals surface area contributed by atoms with E-state index < -0.39 is 12.1 Å². The minimum Gasteiger partial charge on any atom is -0.326 e. The molecule has 1 atom stereocenters. The summed E-state index contributed by atoms with van der Waals surface area (Å²) >= 11 is 0. The number of nitrogens with one attached hydrogen (secondary N) is 2. The monoisotopic (exact) mass is 352 g/mol. The van der Waals surface area contributed by atoms with Crippen LogP contribution in [0.4, 0.5) is 10.5 Å². The first-order chi connectivity index (χ1) is 12.5. The zero-order valence-electron chi connectivity index (χ0n) is 14.5. The first-order valence-corrected chi connectivity index (χ1v) is 8.87. The second-order valence-corrected chi connectivity index (χ2v) is 6.86. The van der Waals surface area contributed by atoms with Gasteiger partial charge in [-0.2, -0.15) is 5.10 Å². The highest BCUT2D eigenvalue weighted by molar-refractivity contribution is 6.21. The van der Waals surface area contributed by atoms with Crippen molar-refractivity contribution >= 4 is 17.6 Å². The van der Waals surface area contributed by atoms with E-state index in [4.69, 9.17) is 0 Å². The summed E-state index contributed by atoms with van der Waals surface area (Å²) in [5.74, 6) is -0.258. The number of imide groups is 1. The van der Waals surface area contributed by atoms with Gasteiger partial charge in [0.25, 0.3) is 11.5 Å². The quantitative estimate of drug-likeness (QED) is 0.822. The van der Waals surface area contributed by atoms with Crippen LogP contribution in [-0.2, 0) is 24.1 Å². The van der Waals surface area contributed by atoms with Crippen molar-refractivity contribution in [2.45, 2.75) is 45.1 Å². The van der Waals surface area contributed by atoms with Crippen LogP contribution in [0, 0.1) is 0 Å². The molecule has 134 valence electrons. The van der Waals surface area contributed by atoms with Gasteiger partial charge in [0.1, 0.15) is 6.04 Å². The molecule has 2 aliphatic rings. The molecule has 2 heterocycles. The molecule has 7 nitrogen and oxygen atoms in total. The maximum absolute atomic E-state index is 12.2. The summed E-state index contributed by atoms with van der Waals surface area (Å²) in [6, 6.07) is 6.42. The predicted molar refractivity (Wildman–Crippen MR) is 96.2 cm³/mol. The molecule has 1 aliphatic carbocycles. The molecule has 2 N–H and O–H groups in total. The van der Waals surface area contributed by atoms with Crippen LogP contribution in [0.5, 0.6) is 0 Å². The van der Waals surface area contributed by atoms with Crippen molar-refractivity contribution in [3.05, 3.63) is 57.0 Å². The summed E-state index contributed by atoms with van der Waals surface area (Å²) in [5, 5.41) is 9.48. The Morgan fingerprint density at radius 3 is 2.65 bits per heavy atom. The molecule has 2 aromatic rings. The molecular formula is C19H20N4O3. The van der Waals surface area contributed by atoms with Gasteiger partial charge in [-0.25, -0.2) is 14.8 Å². The smallest absolute Gasteiger partial charge is 0.326 e. The third-order valence-electron chi connectivity index (χ3n) is 5.06. The summed E-state index contributed by atoms with van der Waals surface area (Å²) in [6.07, 6.45) is 4.30. The number of benzene rings is 1. The minimum atomic E-state index is -0.515. The van der Waals surface area contributed by atoms with Crippen molar-refractivity contribution in [2.24, 2.45) is 0 Å². The van der Waals surface area contributed by atoms with Gasteiger partial charge in [-0.1, -0.05) is 12.1 Å². The largest absolute Gasteiger partial charge is 0.329 e. The Bertz CT molecular complexity index is 950. The molecule has 1 aromatic heterocycles. The lowest BCUT2D eigenvalue weighted by Gasteiger charge is -2.18. The Labute approximate surface area is 150 Å². The predicted octanol–water partition coefficient (Wildman–Crippen LogP) is 1.68. The van der Waals surface area contributed by atoms with Gasteiger partial charge in [0, 0.05) is 12.0 Å². The van der Waals surface area contributed by atoms with E-state index in [1.54, 1.807) is 13.0 Å². The number of fused-ring (bicyclic) bond motifs is 1. The van der Waals surface area contributed by atoms with Gasteiger partial charge in [-0.05, 0) is 55.9 Å². The van der Waals surface area contributed by atoms with E-state index in [9.17, 15) is 14.4 Å². The normalized spacial score (nSPS) is 19.4. The second kappa shape index (κ2) is 6.40. The molecule has 7 heteroatoms. The third kappa shape index (κ3) is 2.79. The Morgan fingerprint density at radius 1 is 1.15 bits per heavy atom. The minimum absolute atomic E-state index is 0.0921. The summed E-state index contributed by atoms with van der Waals surface area (Å²) in [6.45, 7) is 1.67. The number of hydrogen-bond donors (Lipinski definition) is 2. The van der Waals surface area contributed by atoms with Gasteiger partial charge in [0.05, 0.1) is 11.4 Å². The molecule has 4 rings (SSSR count). The summed E-state index contributed by atoms with van der Waals surface area (Å²) < 4.78 is 0. The number of urea groups is 1. The summed E-state index contributed by atoms with van der Waals surface area (Å²) in [7, 11) is 0. The Hall–Kier alpha value is -2.96. The molecule has 1 aliphatic heterocycles. The first-order valence-electron chi connectivity index (χ1n) is 8.87.